The molecular weight excluding hydrogens is 216 g/mol. The van der Waals surface area contributed by atoms with E-state index < -0.39 is 0 Å². The molecule has 1 aromatic carbocycles. The van der Waals surface area contributed by atoms with Crippen LogP contribution in [0.3, 0.4) is 0 Å². The van der Waals surface area contributed by atoms with Crippen molar-refractivity contribution in [1.29, 1.82) is 0 Å². The second-order valence-electron chi connectivity index (χ2n) is 3.63. The van der Waals surface area contributed by atoms with Gasteiger partial charge in [0.05, 0.1) is 6.20 Å². The van der Waals surface area contributed by atoms with Crippen LogP contribution in [-0.4, -0.2) is 11.0 Å². The van der Waals surface area contributed by atoms with Crippen molar-refractivity contribution in [2.24, 2.45) is 0 Å². The van der Waals surface area contributed by atoms with Gasteiger partial charge in [-0.3, -0.25) is 9.78 Å². The van der Waals surface area contributed by atoms with Crippen molar-refractivity contribution in [2.75, 3.05) is 5.73 Å². The Morgan fingerprint density at radius 1 is 1.24 bits per heavy atom. The van der Waals surface area contributed by atoms with Crippen LogP contribution in [0.15, 0.2) is 42.7 Å². The molecule has 4 nitrogen and oxygen atoms in total. The van der Waals surface area contributed by atoms with Crippen LogP contribution in [0.5, 0.6) is 5.75 Å². The Balaban J connectivity index is 2.36. The Labute approximate surface area is 99.1 Å². The van der Waals surface area contributed by atoms with E-state index in [0.29, 0.717) is 11.4 Å². The van der Waals surface area contributed by atoms with E-state index in [1.807, 2.05) is 24.3 Å². The first-order valence-corrected chi connectivity index (χ1v) is 5.14. The molecule has 0 aliphatic carbocycles. The van der Waals surface area contributed by atoms with Gasteiger partial charge in [-0.25, -0.2) is 0 Å². The van der Waals surface area contributed by atoms with Crippen LogP contribution in [0.1, 0.15) is 6.92 Å². The topological polar surface area (TPSA) is 65.2 Å². The smallest absolute Gasteiger partial charge is 0.308 e. The summed E-state index contributed by atoms with van der Waals surface area (Å²) in [5, 5.41) is 0. The molecule has 0 aliphatic rings. The summed E-state index contributed by atoms with van der Waals surface area (Å²) in [7, 11) is 0. The molecule has 17 heavy (non-hydrogen) atoms. The van der Waals surface area contributed by atoms with Crippen LogP contribution in [0.4, 0.5) is 5.69 Å². The summed E-state index contributed by atoms with van der Waals surface area (Å²) in [5.41, 5.74) is 8.18. The summed E-state index contributed by atoms with van der Waals surface area (Å²) >= 11 is 0. The maximum absolute atomic E-state index is 10.8. The van der Waals surface area contributed by atoms with Crippen LogP contribution in [-0.2, 0) is 4.79 Å². The number of pyridine rings is 1. The van der Waals surface area contributed by atoms with Crippen LogP contribution >= 0.6 is 0 Å². The first kappa shape index (κ1) is 11.1. The lowest BCUT2D eigenvalue weighted by molar-refractivity contribution is -0.131. The van der Waals surface area contributed by atoms with Crippen molar-refractivity contribution >= 4 is 11.7 Å². The molecule has 2 N–H and O–H groups in total. The van der Waals surface area contributed by atoms with Gasteiger partial charge in [-0.15, -0.1) is 0 Å². The zero-order valence-corrected chi connectivity index (χ0v) is 9.38. The van der Waals surface area contributed by atoms with Crippen LogP contribution in [0.25, 0.3) is 11.1 Å². The molecule has 0 aliphatic heterocycles. The number of aromatic nitrogens is 1. The van der Waals surface area contributed by atoms with Gasteiger partial charge in [0.25, 0.3) is 0 Å². The molecule has 2 aromatic rings. The minimum absolute atomic E-state index is 0.364. The predicted molar refractivity (Wildman–Crippen MR) is 65.4 cm³/mol. The molecule has 0 atom stereocenters. The van der Waals surface area contributed by atoms with Crippen molar-refractivity contribution in [2.45, 2.75) is 6.92 Å². The highest BCUT2D eigenvalue weighted by atomic mass is 16.5. The molecule has 0 saturated carbocycles. The number of hydrogen-bond acceptors (Lipinski definition) is 4. The number of nitrogens with zero attached hydrogens (tertiary/aromatic N) is 1. The first-order valence-electron chi connectivity index (χ1n) is 5.14. The fourth-order valence-corrected chi connectivity index (χ4v) is 1.52. The second-order valence-corrected chi connectivity index (χ2v) is 3.63. The summed E-state index contributed by atoms with van der Waals surface area (Å²) < 4.78 is 4.97. The molecular formula is C13H12N2O2. The van der Waals surface area contributed by atoms with E-state index in [0.717, 1.165) is 11.1 Å². The summed E-state index contributed by atoms with van der Waals surface area (Å²) in [6.07, 6.45) is 3.19. The second kappa shape index (κ2) is 4.65. The van der Waals surface area contributed by atoms with Crippen molar-refractivity contribution in [3.05, 3.63) is 42.7 Å². The standard InChI is InChI=1S/C13H12N2O2/c1-9(16)17-13-6-11(7-15-8-13)10-3-2-4-12(14)5-10/h2-8H,14H2,1H3. The third-order valence-electron chi connectivity index (χ3n) is 2.19. The zero-order chi connectivity index (χ0) is 12.3. The molecule has 0 unspecified atom stereocenters. The van der Waals surface area contributed by atoms with Gasteiger partial charge < -0.3 is 10.5 Å². The molecule has 0 fully saturated rings. The van der Waals surface area contributed by atoms with E-state index in [9.17, 15) is 4.79 Å². The van der Waals surface area contributed by atoms with E-state index >= 15 is 0 Å². The van der Waals surface area contributed by atoms with Crippen LogP contribution < -0.4 is 10.5 Å². The van der Waals surface area contributed by atoms with Crippen molar-refractivity contribution in [3.63, 3.8) is 0 Å². The number of esters is 1. The number of hydrogen-bond donors (Lipinski definition) is 1. The number of benzene rings is 1. The minimum Gasteiger partial charge on any atom is -0.425 e. The number of carbonyl (C=O) groups excluding carboxylic acids is 1. The van der Waals surface area contributed by atoms with Gasteiger partial charge >= 0.3 is 5.97 Å². The lowest BCUT2D eigenvalue weighted by atomic mass is 10.1. The van der Waals surface area contributed by atoms with Gasteiger partial charge in [-0.05, 0) is 23.8 Å². The van der Waals surface area contributed by atoms with Gasteiger partial charge in [0.15, 0.2) is 0 Å². The molecule has 0 bridgehead atoms. The van der Waals surface area contributed by atoms with Gasteiger partial charge in [-0.2, -0.15) is 0 Å². The molecule has 0 amide bonds. The van der Waals surface area contributed by atoms with Crippen LogP contribution in [0.2, 0.25) is 0 Å². The molecule has 4 heteroatoms. The molecule has 1 heterocycles. The molecule has 0 spiro atoms. The Morgan fingerprint density at radius 3 is 2.76 bits per heavy atom. The number of carbonyl (C=O) groups is 1. The van der Waals surface area contributed by atoms with Crippen molar-refractivity contribution in [1.82, 2.24) is 4.98 Å². The number of ether oxygens (including phenoxy) is 1. The van der Waals surface area contributed by atoms with E-state index in [1.54, 1.807) is 12.3 Å². The maximum atomic E-state index is 10.8. The van der Waals surface area contributed by atoms with E-state index in [1.165, 1.54) is 13.1 Å². The zero-order valence-electron chi connectivity index (χ0n) is 9.38. The van der Waals surface area contributed by atoms with Crippen LogP contribution in [0, 0.1) is 0 Å². The van der Waals surface area contributed by atoms with Crippen molar-refractivity contribution in [3.8, 4) is 16.9 Å². The van der Waals surface area contributed by atoms with Gasteiger partial charge in [-0.1, -0.05) is 12.1 Å². The molecule has 0 saturated heterocycles. The molecule has 2 rings (SSSR count). The SMILES string of the molecule is CC(=O)Oc1cncc(-c2cccc(N)c2)c1. The summed E-state index contributed by atoms with van der Waals surface area (Å²) in [6.45, 7) is 1.35. The summed E-state index contributed by atoms with van der Waals surface area (Å²) in [5.74, 6) is 0.0638. The number of nitrogens with two attached hydrogens (primary N) is 1. The average molecular weight is 228 g/mol. The third-order valence-corrected chi connectivity index (χ3v) is 2.19. The first-order chi connectivity index (χ1) is 8.15. The minimum atomic E-state index is -0.364. The highest BCUT2D eigenvalue weighted by Crippen LogP contribution is 2.24. The average Bonchev–Trinajstić information content (AvgIpc) is 2.28. The van der Waals surface area contributed by atoms with Gasteiger partial charge in [0.2, 0.25) is 0 Å². The van der Waals surface area contributed by atoms with Crippen molar-refractivity contribution < 1.29 is 9.53 Å². The van der Waals surface area contributed by atoms with E-state index in [2.05, 4.69) is 4.98 Å². The number of rotatable bonds is 2. The Morgan fingerprint density at radius 2 is 2.06 bits per heavy atom. The van der Waals surface area contributed by atoms with Gasteiger partial charge in [0, 0.05) is 24.4 Å². The lowest BCUT2D eigenvalue weighted by Gasteiger charge is -2.05. The quantitative estimate of drug-likeness (QED) is 0.632. The number of anilines is 1. The Hall–Kier alpha value is -2.36. The maximum Gasteiger partial charge on any atom is 0.308 e. The van der Waals surface area contributed by atoms with E-state index in [4.69, 9.17) is 10.5 Å². The van der Waals surface area contributed by atoms with E-state index in [-0.39, 0.29) is 5.97 Å². The summed E-state index contributed by atoms with van der Waals surface area (Å²) in [6, 6.07) is 9.19. The lowest BCUT2D eigenvalue weighted by Crippen LogP contribution is -2.01. The monoisotopic (exact) mass is 228 g/mol. The number of nitrogen functional groups attached to an aromatic ring is 1. The predicted octanol–water partition coefficient (Wildman–Crippen LogP) is 2.26. The summed E-state index contributed by atoms with van der Waals surface area (Å²) in [4.78, 5) is 14.9. The molecule has 1 aromatic heterocycles. The third kappa shape index (κ3) is 2.81. The molecule has 0 radical (unpaired) electrons. The highest BCUT2D eigenvalue weighted by molar-refractivity contribution is 5.71. The van der Waals surface area contributed by atoms with Gasteiger partial charge in [0.1, 0.15) is 5.75 Å². The normalized spacial score (nSPS) is 9.94. The Kier molecular flexibility index (Phi) is 3.05. The Bertz CT molecular complexity index is 553. The fraction of sp³-hybridized carbons (Fsp3) is 0.0769. The fourth-order valence-electron chi connectivity index (χ4n) is 1.52. The molecule has 86 valence electrons. The largest absolute Gasteiger partial charge is 0.425 e. The highest BCUT2D eigenvalue weighted by Gasteiger charge is 2.03.